The van der Waals surface area contributed by atoms with E-state index >= 15 is 0 Å². The molecule has 17 heavy (non-hydrogen) atoms. The van der Waals surface area contributed by atoms with Crippen LogP contribution in [0.15, 0.2) is 49.9 Å². The van der Waals surface area contributed by atoms with Crippen molar-refractivity contribution >= 4 is 45.3 Å². The highest BCUT2D eigenvalue weighted by Crippen LogP contribution is 2.33. The fourth-order valence-corrected chi connectivity index (χ4v) is 3.03. The van der Waals surface area contributed by atoms with Crippen molar-refractivity contribution in [3.05, 3.63) is 34.8 Å². The van der Waals surface area contributed by atoms with Gasteiger partial charge in [0.05, 0.1) is 0 Å². The molecule has 0 aliphatic heterocycles. The van der Waals surface area contributed by atoms with Crippen LogP contribution in [0.2, 0.25) is 0 Å². The average molecular weight is 328 g/mol. The molecule has 88 valence electrons. The molecule has 0 aliphatic carbocycles. The maximum Gasteiger partial charge on any atom is 0.190 e. The Morgan fingerprint density at radius 1 is 1.24 bits per heavy atom. The Balaban J connectivity index is 2.30. The second-order valence-corrected chi connectivity index (χ2v) is 5.84. The Labute approximate surface area is 117 Å². The lowest BCUT2D eigenvalue weighted by molar-refractivity contribution is 0.902. The molecule has 2 aromatic rings. The normalized spacial score (nSPS) is 10.5. The minimum Gasteiger partial charge on any atom is -0.384 e. The number of rotatable bonds is 3. The summed E-state index contributed by atoms with van der Waals surface area (Å²) in [6.07, 6.45) is 1.93. The SMILES string of the molecule is CSc1nc(N)cc(Sc2ccccc2Br)n1. The van der Waals surface area contributed by atoms with Gasteiger partial charge in [0.1, 0.15) is 10.8 Å². The van der Waals surface area contributed by atoms with E-state index in [1.165, 1.54) is 11.8 Å². The van der Waals surface area contributed by atoms with E-state index in [-0.39, 0.29) is 0 Å². The lowest BCUT2D eigenvalue weighted by atomic mass is 10.4. The quantitative estimate of drug-likeness (QED) is 0.529. The van der Waals surface area contributed by atoms with E-state index in [2.05, 4.69) is 25.9 Å². The first kappa shape index (κ1) is 12.7. The van der Waals surface area contributed by atoms with Gasteiger partial charge in [-0.05, 0) is 34.3 Å². The highest BCUT2D eigenvalue weighted by molar-refractivity contribution is 9.10. The minimum atomic E-state index is 0.499. The Morgan fingerprint density at radius 2 is 2.00 bits per heavy atom. The van der Waals surface area contributed by atoms with Crippen LogP contribution in [0.3, 0.4) is 0 Å². The van der Waals surface area contributed by atoms with Crippen molar-refractivity contribution in [2.24, 2.45) is 0 Å². The molecule has 0 radical (unpaired) electrons. The second-order valence-electron chi connectivity index (χ2n) is 3.15. The molecule has 3 nitrogen and oxygen atoms in total. The van der Waals surface area contributed by atoms with Crippen LogP contribution in [0.25, 0.3) is 0 Å². The van der Waals surface area contributed by atoms with E-state index in [9.17, 15) is 0 Å². The van der Waals surface area contributed by atoms with E-state index in [0.29, 0.717) is 11.0 Å². The number of nitrogens with two attached hydrogens (primary N) is 1. The standard InChI is InChI=1S/C11H10BrN3S2/c1-16-11-14-9(13)6-10(15-11)17-8-5-3-2-4-7(8)12/h2-6H,1H3,(H2,13,14,15). The molecule has 2 rings (SSSR count). The summed E-state index contributed by atoms with van der Waals surface area (Å²) in [5.74, 6) is 0.499. The van der Waals surface area contributed by atoms with Crippen LogP contribution in [-0.2, 0) is 0 Å². The summed E-state index contributed by atoms with van der Waals surface area (Å²) in [4.78, 5) is 9.63. The summed E-state index contributed by atoms with van der Waals surface area (Å²) in [6.45, 7) is 0. The topological polar surface area (TPSA) is 51.8 Å². The van der Waals surface area contributed by atoms with Crippen molar-refractivity contribution in [2.45, 2.75) is 15.1 Å². The third-order valence-electron chi connectivity index (χ3n) is 1.94. The zero-order valence-corrected chi connectivity index (χ0v) is 12.3. The van der Waals surface area contributed by atoms with Crippen LogP contribution in [-0.4, -0.2) is 16.2 Å². The number of thioether (sulfide) groups is 1. The van der Waals surface area contributed by atoms with Gasteiger partial charge in [0.2, 0.25) is 0 Å². The van der Waals surface area contributed by atoms with E-state index in [1.807, 2.05) is 30.5 Å². The molecule has 0 atom stereocenters. The number of hydrogen-bond acceptors (Lipinski definition) is 5. The Morgan fingerprint density at radius 3 is 2.71 bits per heavy atom. The van der Waals surface area contributed by atoms with E-state index in [1.54, 1.807) is 17.8 Å². The van der Waals surface area contributed by atoms with Gasteiger partial charge in [0, 0.05) is 15.4 Å². The molecule has 0 saturated heterocycles. The number of nitrogen functional groups attached to an aromatic ring is 1. The molecule has 0 saturated carbocycles. The van der Waals surface area contributed by atoms with Gasteiger partial charge >= 0.3 is 0 Å². The third-order valence-corrected chi connectivity index (χ3v) is 4.43. The van der Waals surface area contributed by atoms with Crippen LogP contribution in [0.4, 0.5) is 5.82 Å². The summed E-state index contributed by atoms with van der Waals surface area (Å²) >= 11 is 6.56. The monoisotopic (exact) mass is 327 g/mol. The molecule has 6 heteroatoms. The molecule has 1 aromatic carbocycles. The lowest BCUT2D eigenvalue weighted by Gasteiger charge is -2.05. The molecule has 2 N–H and O–H groups in total. The Hall–Kier alpha value is -0.720. The smallest absolute Gasteiger partial charge is 0.190 e. The van der Waals surface area contributed by atoms with E-state index in [4.69, 9.17) is 5.73 Å². The van der Waals surface area contributed by atoms with Gasteiger partial charge in [-0.25, -0.2) is 9.97 Å². The van der Waals surface area contributed by atoms with E-state index in [0.717, 1.165) is 14.4 Å². The number of benzene rings is 1. The van der Waals surface area contributed by atoms with Gasteiger partial charge < -0.3 is 5.73 Å². The molecule has 1 heterocycles. The second kappa shape index (κ2) is 5.75. The van der Waals surface area contributed by atoms with Crippen LogP contribution in [0.5, 0.6) is 0 Å². The van der Waals surface area contributed by atoms with Crippen molar-refractivity contribution in [3.63, 3.8) is 0 Å². The first-order chi connectivity index (χ1) is 8.19. The summed E-state index contributed by atoms with van der Waals surface area (Å²) in [7, 11) is 0. The van der Waals surface area contributed by atoms with Gasteiger partial charge in [-0.15, -0.1) is 0 Å². The third kappa shape index (κ3) is 3.37. The average Bonchev–Trinajstić information content (AvgIpc) is 2.31. The molecule has 0 amide bonds. The summed E-state index contributed by atoms with van der Waals surface area (Å²) in [5.41, 5.74) is 5.74. The molecular weight excluding hydrogens is 318 g/mol. The minimum absolute atomic E-state index is 0.499. The number of nitrogens with zero attached hydrogens (tertiary/aromatic N) is 2. The van der Waals surface area contributed by atoms with E-state index < -0.39 is 0 Å². The van der Waals surface area contributed by atoms with Crippen molar-refractivity contribution in [1.29, 1.82) is 0 Å². The van der Waals surface area contributed by atoms with Crippen molar-refractivity contribution in [2.75, 3.05) is 12.0 Å². The molecule has 0 unspecified atom stereocenters. The molecule has 0 fully saturated rings. The number of anilines is 1. The fourth-order valence-electron chi connectivity index (χ4n) is 1.20. The van der Waals surface area contributed by atoms with Crippen LogP contribution in [0.1, 0.15) is 0 Å². The molecule has 0 aliphatic rings. The first-order valence-corrected chi connectivity index (χ1v) is 7.63. The van der Waals surface area contributed by atoms with Gasteiger partial charge in [-0.2, -0.15) is 0 Å². The lowest BCUT2D eigenvalue weighted by Crippen LogP contribution is -1.95. The van der Waals surface area contributed by atoms with Gasteiger partial charge in [0.25, 0.3) is 0 Å². The van der Waals surface area contributed by atoms with Gasteiger partial charge in [-0.1, -0.05) is 35.7 Å². The van der Waals surface area contributed by atoms with Gasteiger partial charge in [0.15, 0.2) is 5.16 Å². The summed E-state index contributed by atoms with van der Waals surface area (Å²) in [5, 5.41) is 1.55. The molecule has 0 spiro atoms. The Bertz CT molecular complexity index is 534. The largest absolute Gasteiger partial charge is 0.384 e. The highest BCUT2D eigenvalue weighted by Gasteiger charge is 2.06. The van der Waals surface area contributed by atoms with Crippen molar-refractivity contribution in [3.8, 4) is 0 Å². The summed E-state index contributed by atoms with van der Waals surface area (Å²) < 4.78 is 1.05. The first-order valence-electron chi connectivity index (χ1n) is 4.80. The molecular formula is C11H10BrN3S2. The number of halogens is 1. The fraction of sp³-hybridized carbons (Fsp3) is 0.0909. The summed E-state index contributed by atoms with van der Waals surface area (Å²) in [6, 6.07) is 9.79. The maximum absolute atomic E-state index is 5.74. The van der Waals surface area contributed by atoms with Crippen LogP contribution in [0, 0.1) is 0 Å². The number of aromatic nitrogens is 2. The van der Waals surface area contributed by atoms with Crippen LogP contribution < -0.4 is 5.73 Å². The van der Waals surface area contributed by atoms with Crippen molar-refractivity contribution < 1.29 is 0 Å². The number of hydrogen-bond donors (Lipinski definition) is 1. The van der Waals surface area contributed by atoms with Crippen molar-refractivity contribution in [1.82, 2.24) is 9.97 Å². The zero-order chi connectivity index (χ0) is 12.3. The zero-order valence-electron chi connectivity index (χ0n) is 9.05. The molecule has 1 aromatic heterocycles. The predicted octanol–water partition coefficient (Wildman–Crippen LogP) is 3.69. The van der Waals surface area contributed by atoms with Gasteiger partial charge in [-0.3, -0.25) is 0 Å². The van der Waals surface area contributed by atoms with Crippen LogP contribution >= 0.6 is 39.5 Å². The highest BCUT2D eigenvalue weighted by atomic mass is 79.9. The predicted molar refractivity (Wildman–Crippen MR) is 76.5 cm³/mol. The Kier molecular flexibility index (Phi) is 4.31. The molecule has 0 bridgehead atoms. The maximum atomic E-state index is 5.74.